The van der Waals surface area contributed by atoms with Gasteiger partial charge in [-0.2, -0.15) is 0 Å². The molecule has 16 heavy (non-hydrogen) atoms. The Morgan fingerprint density at radius 3 is 2.50 bits per heavy atom. The summed E-state index contributed by atoms with van der Waals surface area (Å²) in [5.74, 6) is 0.148. The van der Waals surface area contributed by atoms with E-state index in [0.29, 0.717) is 11.4 Å². The standard InChI is InChI=1S/C12H10N2O2/c1-8-13-6-10(7-14-8)9-3-2-4-11(15)12(16)5-9/h2-7H,1H3,(H,15,16)/p-1. The number of rotatable bonds is 1. The van der Waals surface area contributed by atoms with Crippen LogP contribution in [0.2, 0.25) is 0 Å². The van der Waals surface area contributed by atoms with Gasteiger partial charge < -0.3 is 5.11 Å². The summed E-state index contributed by atoms with van der Waals surface area (Å²) in [6.45, 7) is 1.78. The molecule has 0 fully saturated rings. The summed E-state index contributed by atoms with van der Waals surface area (Å²) in [6.07, 6.45) is 3.25. The Morgan fingerprint density at radius 2 is 1.81 bits per heavy atom. The molecule has 0 saturated heterocycles. The van der Waals surface area contributed by atoms with E-state index in [0.717, 1.165) is 5.56 Å². The number of hydrogen-bond acceptors (Lipinski definition) is 4. The van der Waals surface area contributed by atoms with Crippen LogP contribution in [0.5, 0.6) is 5.75 Å². The maximum atomic E-state index is 11.3. The number of aromatic nitrogens is 2. The van der Waals surface area contributed by atoms with E-state index < -0.39 is 11.2 Å². The van der Waals surface area contributed by atoms with Gasteiger partial charge in [0.15, 0.2) is 5.43 Å². The summed E-state index contributed by atoms with van der Waals surface area (Å²) >= 11 is 0. The van der Waals surface area contributed by atoms with E-state index in [-0.39, 0.29) is 0 Å². The normalized spacial score (nSPS) is 10.1. The molecule has 0 spiro atoms. The molecule has 0 aliphatic carbocycles. The lowest BCUT2D eigenvalue weighted by Gasteiger charge is -1.98. The molecule has 4 heteroatoms. The van der Waals surface area contributed by atoms with Crippen molar-refractivity contribution >= 4 is 0 Å². The molecule has 0 aliphatic heterocycles. The lowest BCUT2D eigenvalue weighted by Crippen LogP contribution is -2.04. The summed E-state index contributed by atoms with van der Waals surface area (Å²) in [5, 5.41) is 11.1. The lowest BCUT2D eigenvalue weighted by atomic mass is 10.1. The highest BCUT2D eigenvalue weighted by atomic mass is 16.3. The molecule has 0 unspecified atom stereocenters. The minimum absolute atomic E-state index is 0.515. The molecule has 1 aromatic heterocycles. The molecule has 0 atom stereocenters. The van der Waals surface area contributed by atoms with Crippen LogP contribution in [0.3, 0.4) is 0 Å². The predicted octanol–water partition coefficient (Wildman–Crippen LogP) is 0.886. The molecule has 1 aromatic carbocycles. The van der Waals surface area contributed by atoms with Gasteiger partial charge in [0.25, 0.3) is 0 Å². The van der Waals surface area contributed by atoms with Crippen LogP contribution in [0.25, 0.3) is 11.1 Å². The number of hydrogen-bond donors (Lipinski definition) is 0. The zero-order valence-corrected chi connectivity index (χ0v) is 8.68. The van der Waals surface area contributed by atoms with Gasteiger partial charge in [-0.05, 0) is 18.6 Å². The van der Waals surface area contributed by atoms with Gasteiger partial charge in [-0.1, -0.05) is 23.9 Å². The van der Waals surface area contributed by atoms with Gasteiger partial charge in [0.2, 0.25) is 0 Å². The molecular weight excluding hydrogens is 204 g/mol. The Morgan fingerprint density at radius 1 is 1.12 bits per heavy atom. The van der Waals surface area contributed by atoms with Gasteiger partial charge in [-0.25, -0.2) is 9.97 Å². The second kappa shape index (κ2) is 4.10. The molecular formula is C12H9N2O2-. The average Bonchev–Trinajstić information content (AvgIpc) is 2.43. The first kappa shape index (κ1) is 10.3. The average molecular weight is 213 g/mol. The summed E-state index contributed by atoms with van der Waals surface area (Å²) in [5.41, 5.74) is 0.839. The van der Waals surface area contributed by atoms with Crippen molar-refractivity contribution in [1.29, 1.82) is 0 Å². The Hall–Kier alpha value is -2.23. The zero-order chi connectivity index (χ0) is 11.5. The molecule has 80 valence electrons. The van der Waals surface area contributed by atoms with Crippen molar-refractivity contribution in [3.05, 3.63) is 52.7 Å². The maximum Gasteiger partial charge on any atom is 0.171 e. The van der Waals surface area contributed by atoms with Crippen molar-refractivity contribution in [3.8, 4) is 16.9 Å². The molecule has 0 saturated carbocycles. The number of nitrogens with zero attached hydrogens (tertiary/aromatic N) is 2. The van der Waals surface area contributed by atoms with Crippen LogP contribution < -0.4 is 10.5 Å². The van der Waals surface area contributed by atoms with Crippen LogP contribution in [-0.4, -0.2) is 9.97 Å². The predicted molar refractivity (Wildman–Crippen MR) is 57.9 cm³/mol. The minimum Gasteiger partial charge on any atom is -0.870 e. The molecule has 0 aliphatic rings. The Balaban J connectivity index is 2.58. The summed E-state index contributed by atoms with van der Waals surface area (Å²) in [4.78, 5) is 19.4. The molecule has 0 N–H and O–H groups in total. The summed E-state index contributed by atoms with van der Waals surface area (Å²) < 4.78 is 0. The Labute approximate surface area is 92.3 Å². The molecule has 2 aromatic rings. The maximum absolute atomic E-state index is 11.3. The van der Waals surface area contributed by atoms with Crippen molar-refractivity contribution < 1.29 is 5.11 Å². The first-order valence-electron chi connectivity index (χ1n) is 4.77. The van der Waals surface area contributed by atoms with E-state index in [1.807, 2.05) is 0 Å². The Kier molecular flexibility index (Phi) is 2.64. The topological polar surface area (TPSA) is 65.9 Å². The van der Waals surface area contributed by atoms with Crippen molar-refractivity contribution in [2.24, 2.45) is 0 Å². The Bertz CT molecular complexity index is 565. The van der Waals surface area contributed by atoms with Crippen LogP contribution in [0.4, 0.5) is 0 Å². The third kappa shape index (κ3) is 2.06. The fraction of sp³-hybridized carbons (Fsp3) is 0.0833. The smallest absolute Gasteiger partial charge is 0.171 e. The summed E-state index contributed by atoms with van der Waals surface area (Å²) in [6, 6.07) is 5.80. The second-order valence-electron chi connectivity index (χ2n) is 3.37. The molecule has 0 bridgehead atoms. The van der Waals surface area contributed by atoms with Gasteiger partial charge in [0, 0.05) is 18.0 Å². The molecule has 1 heterocycles. The van der Waals surface area contributed by atoms with Crippen LogP contribution in [-0.2, 0) is 0 Å². The third-order valence-electron chi connectivity index (χ3n) is 2.17. The zero-order valence-electron chi connectivity index (χ0n) is 8.68. The first-order valence-corrected chi connectivity index (χ1v) is 4.77. The highest BCUT2D eigenvalue weighted by molar-refractivity contribution is 5.61. The highest BCUT2D eigenvalue weighted by Crippen LogP contribution is 2.15. The van der Waals surface area contributed by atoms with Crippen molar-refractivity contribution in [2.75, 3.05) is 0 Å². The van der Waals surface area contributed by atoms with Crippen molar-refractivity contribution in [1.82, 2.24) is 9.97 Å². The minimum atomic E-state index is -0.527. The van der Waals surface area contributed by atoms with Crippen molar-refractivity contribution in [2.45, 2.75) is 6.92 Å². The fourth-order valence-electron chi connectivity index (χ4n) is 1.30. The molecule has 2 rings (SSSR count). The molecule has 0 radical (unpaired) electrons. The van der Waals surface area contributed by atoms with Crippen LogP contribution >= 0.6 is 0 Å². The van der Waals surface area contributed by atoms with E-state index in [4.69, 9.17) is 0 Å². The number of aryl methyl sites for hydroxylation is 1. The quantitative estimate of drug-likeness (QED) is 0.705. The van der Waals surface area contributed by atoms with Gasteiger partial charge >= 0.3 is 0 Å². The fourth-order valence-corrected chi connectivity index (χ4v) is 1.30. The third-order valence-corrected chi connectivity index (χ3v) is 2.17. The van der Waals surface area contributed by atoms with Gasteiger partial charge in [-0.15, -0.1) is 0 Å². The van der Waals surface area contributed by atoms with E-state index in [9.17, 15) is 9.90 Å². The van der Waals surface area contributed by atoms with E-state index in [2.05, 4.69) is 9.97 Å². The first-order chi connectivity index (χ1) is 7.66. The van der Waals surface area contributed by atoms with Crippen LogP contribution in [0.15, 0.2) is 41.5 Å². The van der Waals surface area contributed by atoms with Gasteiger partial charge in [0.1, 0.15) is 5.82 Å². The van der Waals surface area contributed by atoms with Crippen molar-refractivity contribution in [3.63, 3.8) is 0 Å². The van der Waals surface area contributed by atoms with Gasteiger partial charge in [-0.3, -0.25) is 4.79 Å². The van der Waals surface area contributed by atoms with E-state index >= 15 is 0 Å². The highest BCUT2D eigenvalue weighted by Gasteiger charge is 1.98. The summed E-state index contributed by atoms with van der Waals surface area (Å²) in [7, 11) is 0. The van der Waals surface area contributed by atoms with E-state index in [1.165, 1.54) is 12.1 Å². The lowest BCUT2D eigenvalue weighted by molar-refractivity contribution is -0.269. The SMILES string of the molecule is Cc1ncc(-c2cccc([O-])c(=O)c2)cn1. The second-order valence-corrected chi connectivity index (χ2v) is 3.37. The molecule has 0 amide bonds. The molecule has 4 nitrogen and oxygen atoms in total. The largest absolute Gasteiger partial charge is 0.870 e. The van der Waals surface area contributed by atoms with Gasteiger partial charge in [0.05, 0.1) is 0 Å². The monoisotopic (exact) mass is 213 g/mol. The van der Waals surface area contributed by atoms with Crippen LogP contribution in [0, 0.1) is 6.92 Å². The van der Waals surface area contributed by atoms with Crippen LogP contribution in [0.1, 0.15) is 5.82 Å². The van der Waals surface area contributed by atoms with E-state index in [1.54, 1.807) is 31.5 Å².